The molecular formula is C13H24N3P. The van der Waals surface area contributed by atoms with Crippen LogP contribution in [-0.4, -0.2) is 52.1 Å². The molecule has 4 heteroatoms. The number of hydrogen-bond acceptors (Lipinski definition) is 3. The van der Waals surface area contributed by atoms with Crippen molar-refractivity contribution in [3.63, 3.8) is 0 Å². The molecule has 0 saturated heterocycles. The summed E-state index contributed by atoms with van der Waals surface area (Å²) in [5, 5.41) is -0.194. The summed E-state index contributed by atoms with van der Waals surface area (Å²) in [5.41, 5.74) is 2.52. The summed E-state index contributed by atoms with van der Waals surface area (Å²) in [6.45, 7) is 0. The molecule has 0 aromatic heterocycles. The first-order valence-corrected chi connectivity index (χ1v) is 6.30. The monoisotopic (exact) mass is 253 g/mol. The second-order valence-corrected chi connectivity index (χ2v) is 5.73. The minimum Gasteiger partial charge on any atom is -0.377 e. The molecule has 3 nitrogen and oxygen atoms in total. The van der Waals surface area contributed by atoms with E-state index in [1.54, 1.807) is 0 Å². The molecule has 0 aliphatic heterocycles. The van der Waals surface area contributed by atoms with E-state index in [0.29, 0.717) is 0 Å². The first-order valence-electron chi connectivity index (χ1n) is 5.72. The SMILES string of the molecule is CN(C)c1ccccc1C(P)(N(C)C)N(C)C. The Morgan fingerprint density at radius 2 is 1.35 bits per heavy atom. The van der Waals surface area contributed by atoms with Crippen LogP contribution in [0, 0.1) is 0 Å². The zero-order chi connectivity index (χ0) is 13.2. The topological polar surface area (TPSA) is 9.72 Å². The highest BCUT2D eigenvalue weighted by Gasteiger charge is 2.34. The summed E-state index contributed by atoms with van der Waals surface area (Å²) in [6.07, 6.45) is 0. The number of anilines is 1. The fraction of sp³-hybridized carbons (Fsp3) is 0.538. The van der Waals surface area contributed by atoms with Gasteiger partial charge >= 0.3 is 0 Å². The van der Waals surface area contributed by atoms with E-state index in [4.69, 9.17) is 0 Å². The van der Waals surface area contributed by atoms with Crippen LogP contribution in [0.3, 0.4) is 0 Å². The molecule has 0 amide bonds. The van der Waals surface area contributed by atoms with Gasteiger partial charge in [0.05, 0.1) is 0 Å². The summed E-state index contributed by atoms with van der Waals surface area (Å²) < 4.78 is 0. The second kappa shape index (κ2) is 5.34. The lowest BCUT2D eigenvalue weighted by atomic mass is 10.1. The van der Waals surface area contributed by atoms with Crippen molar-refractivity contribution < 1.29 is 0 Å². The molecule has 96 valence electrons. The van der Waals surface area contributed by atoms with E-state index in [2.05, 4.69) is 90.5 Å². The Balaban J connectivity index is 3.39. The molecule has 0 bridgehead atoms. The second-order valence-electron chi connectivity index (χ2n) is 4.93. The maximum Gasteiger partial charge on any atom is 0.115 e. The highest BCUT2D eigenvalue weighted by atomic mass is 31.0. The third kappa shape index (κ3) is 2.62. The van der Waals surface area contributed by atoms with Gasteiger partial charge in [0.2, 0.25) is 0 Å². The van der Waals surface area contributed by atoms with Crippen molar-refractivity contribution in [2.75, 3.05) is 47.2 Å². The van der Waals surface area contributed by atoms with Gasteiger partial charge in [-0.25, -0.2) is 0 Å². The van der Waals surface area contributed by atoms with E-state index >= 15 is 0 Å². The van der Waals surface area contributed by atoms with Crippen LogP contribution in [0.15, 0.2) is 24.3 Å². The van der Waals surface area contributed by atoms with Crippen molar-refractivity contribution in [1.82, 2.24) is 9.80 Å². The van der Waals surface area contributed by atoms with Crippen molar-refractivity contribution in [3.8, 4) is 0 Å². The molecule has 1 unspecified atom stereocenters. The Labute approximate surface area is 108 Å². The summed E-state index contributed by atoms with van der Waals surface area (Å²) in [6, 6.07) is 8.51. The van der Waals surface area contributed by atoms with Crippen LogP contribution in [0.25, 0.3) is 0 Å². The first-order chi connectivity index (χ1) is 7.81. The van der Waals surface area contributed by atoms with Crippen LogP contribution in [0.5, 0.6) is 0 Å². The molecule has 0 fully saturated rings. The third-order valence-electron chi connectivity index (χ3n) is 3.15. The standard InChI is InChI=1S/C13H24N3P/c1-14(2)12-10-8-7-9-11(12)13(17,15(3)4)16(5)6/h7-10H,17H2,1-6H3. The van der Waals surface area contributed by atoms with Gasteiger partial charge < -0.3 is 4.90 Å². The Hall–Kier alpha value is -0.630. The molecule has 0 heterocycles. The molecule has 0 saturated carbocycles. The molecule has 1 aromatic carbocycles. The van der Waals surface area contributed by atoms with Gasteiger partial charge in [0.1, 0.15) is 5.40 Å². The van der Waals surface area contributed by atoms with Gasteiger partial charge in [-0.2, -0.15) is 0 Å². The van der Waals surface area contributed by atoms with Crippen LogP contribution in [0.2, 0.25) is 0 Å². The lowest BCUT2D eigenvalue weighted by Crippen LogP contribution is -2.47. The molecule has 1 atom stereocenters. The Bertz CT molecular complexity index is 367. The van der Waals surface area contributed by atoms with E-state index in [9.17, 15) is 0 Å². The van der Waals surface area contributed by atoms with E-state index < -0.39 is 0 Å². The average molecular weight is 253 g/mol. The number of rotatable bonds is 4. The van der Waals surface area contributed by atoms with Gasteiger partial charge in [-0.1, -0.05) is 27.4 Å². The highest BCUT2D eigenvalue weighted by Crippen LogP contribution is 2.40. The minimum absolute atomic E-state index is 0.194. The van der Waals surface area contributed by atoms with Gasteiger partial charge in [-0.3, -0.25) is 9.80 Å². The van der Waals surface area contributed by atoms with Crippen molar-refractivity contribution in [3.05, 3.63) is 29.8 Å². The van der Waals surface area contributed by atoms with Crippen LogP contribution < -0.4 is 4.90 Å². The van der Waals surface area contributed by atoms with Crippen LogP contribution in [-0.2, 0) is 5.40 Å². The Morgan fingerprint density at radius 1 is 0.882 bits per heavy atom. The lowest BCUT2D eigenvalue weighted by Gasteiger charge is -2.44. The van der Waals surface area contributed by atoms with Crippen LogP contribution in [0.4, 0.5) is 5.69 Å². The van der Waals surface area contributed by atoms with Crippen LogP contribution >= 0.6 is 9.24 Å². The smallest absolute Gasteiger partial charge is 0.115 e. The molecular weight excluding hydrogens is 229 g/mol. The summed E-state index contributed by atoms with van der Waals surface area (Å²) in [5.74, 6) is 0. The van der Waals surface area contributed by atoms with E-state index in [1.165, 1.54) is 11.3 Å². The quantitative estimate of drug-likeness (QED) is 0.599. The van der Waals surface area contributed by atoms with Gasteiger partial charge in [0.15, 0.2) is 0 Å². The molecule has 17 heavy (non-hydrogen) atoms. The maximum absolute atomic E-state index is 2.97. The number of hydrogen-bond donors (Lipinski definition) is 0. The van der Waals surface area contributed by atoms with Crippen molar-refractivity contribution >= 4 is 14.9 Å². The molecule has 0 radical (unpaired) electrons. The van der Waals surface area contributed by atoms with Crippen LogP contribution in [0.1, 0.15) is 5.56 Å². The third-order valence-corrected chi connectivity index (χ3v) is 4.49. The Kier molecular flexibility index (Phi) is 4.54. The Morgan fingerprint density at radius 3 is 1.76 bits per heavy atom. The van der Waals surface area contributed by atoms with Gasteiger partial charge in [0, 0.05) is 25.3 Å². The zero-order valence-corrected chi connectivity index (χ0v) is 12.9. The zero-order valence-electron chi connectivity index (χ0n) is 11.7. The fourth-order valence-corrected chi connectivity index (χ4v) is 2.30. The van der Waals surface area contributed by atoms with Crippen molar-refractivity contribution in [2.45, 2.75) is 5.40 Å². The van der Waals surface area contributed by atoms with E-state index in [1.807, 2.05) is 0 Å². The van der Waals surface area contributed by atoms with Crippen molar-refractivity contribution in [2.24, 2.45) is 0 Å². The number of para-hydroxylation sites is 1. The van der Waals surface area contributed by atoms with Gasteiger partial charge in [-0.15, -0.1) is 0 Å². The van der Waals surface area contributed by atoms with E-state index in [0.717, 1.165) is 0 Å². The number of benzene rings is 1. The predicted molar refractivity (Wildman–Crippen MR) is 79.5 cm³/mol. The highest BCUT2D eigenvalue weighted by molar-refractivity contribution is 7.18. The average Bonchev–Trinajstić information content (AvgIpc) is 2.27. The maximum atomic E-state index is 2.97. The molecule has 0 N–H and O–H groups in total. The predicted octanol–water partition coefficient (Wildman–Crippen LogP) is 1.86. The first kappa shape index (κ1) is 14.4. The minimum atomic E-state index is -0.194. The normalized spacial score (nSPS) is 12.3. The molecule has 1 aromatic rings. The van der Waals surface area contributed by atoms with E-state index in [-0.39, 0.29) is 5.40 Å². The fourth-order valence-electron chi connectivity index (χ4n) is 2.06. The largest absolute Gasteiger partial charge is 0.377 e. The molecule has 0 aliphatic carbocycles. The summed E-state index contributed by atoms with van der Waals surface area (Å²) in [4.78, 5) is 6.57. The molecule has 0 spiro atoms. The van der Waals surface area contributed by atoms with Crippen molar-refractivity contribution in [1.29, 1.82) is 0 Å². The van der Waals surface area contributed by atoms with Gasteiger partial charge in [-0.05, 0) is 34.3 Å². The van der Waals surface area contributed by atoms with Gasteiger partial charge in [0.25, 0.3) is 0 Å². The molecule has 1 rings (SSSR count). The lowest BCUT2D eigenvalue weighted by molar-refractivity contribution is 0.0916. The summed E-state index contributed by atoms with van der Waals surface area (Å²) in [7, 11) is 15.5. The number of nitrogens with zero attached hydrogens (tertiary/aromatic N) is 3. The molecule has 0 aliphatic rings. The summed E-state index contributed by atoms with van der Waals surface area (Å²) >= 11 is 0.